The van der Waals surface area contributed by atoms with Gasteiger partial charge >= 0.3 is 0 Å². The summed E-state index contributed by atoms with van der Waals surface area (Å²) in [6, 6.07) is 5.81. The zero-order valence-electron chi connectivity index (χ0n) is 8.44. The summed E-state index contributed by atoms with van der Waals surface area (Å²) in [4.78, 5) is 4.43. The number of nitrogens with zero attached hydrogens (tertiary/aromatic N) is 3. The molecule has 2 N–H and O–H groups in total. The minimum atomic E-state index is -0.161. The van der Waals surface area contributed by atoms with Crippen molar-refractivity contribution < 1.29 is 0 Å². The van der Waals surface area contributed by atoms with Gasteiger partial charge < -0.3 is 5.73 Å². The number of aromatic nitrogens is 3. The summed E-state index contributed by atoms with van der Waals surface area (Å²) >= 11 is 0. The van der Waals surface area contributed by atoms with Gasteiger partial charge in [-0.05, 0) is 12.1 Å². The molecule has 74 valence electrons. The van der Waals surface area contributed by atoms with Crippen molar-refractivity contribution >= 4 is 5.65 Å². The number of hydrogen-bond donors (Lipinski definition) is 1. The van der Waals surface area contributed by atoms with Crippen LogP contribution < -0.4 is 5.73 Å². The highest BCUT2D eigenvalue weighted by molar-refractivity contribution is 5.37. The van der Waals surface area contributed by atoms with Crippen LogP contribution in [0.15, 0.2) is 24.4 Å². The first-order valence-electron chi connectivity index (χ1n) is 4.65. The van der Waals surface area contributed by atoms with Gasteiger partial charge in [-0.2, -0.15) is 5.10 Å². The molecule has 0 aliphatic carbocycles. The molecule has 0 aliphatic rings. The lowest BCUT2D eigenvalue weighted by Gasteiger charge is -2.16. The minimum Gasteiger partial charge on any atom is -0.329 e. The molecular formula is C10H14N4. The van der Waals surface area contributed by atoms with Gasteiger partial charge in [0.1, 0.15) is 0 Å². The maximum absolute atomic E-state index is 5.67. The summed E-state index contributed by atoms with van der Waals surface area (Å²) in [5.74, 6) is 0.797. The van der Waals surface area contributed by atoms with Gasteiger partial charge in [0.05, 0.1) is 0 Å². The number of hydrogen-bond acceptors (Lipinski definition) is 3. The van der Waals surface area contributed by atoms with Crippen molar-refractivity contribution in [2.45, 2.75) is 19.3 Å². The first-order valence-corrected chi connectivity index (χ1v) is 4.65. The van der Waals surface area contributed by atoms with Gasteiger partial charge in [-0.1, -0.05) is 19.9 Å². The maximum Gasteiger partial charge on any atom is 0.158 e. The van der Waals surface area contributed by atoms with E-state index in [1.54, 1.807) is 4.52 Å². The summed E-state index contributed by atoms with van der Waals surface area (Å²) in [6.07, 6.45) is 1.89. The highest BCUT2D eigenvalue weighted by Gasteiger charge is 2.23. The molecule has 0 saturated carbocycles. The topological polar surface area (TPSA) is 56.2 Å². The van der Waals surface area contributed by atoms with E-state index in [-0.39, 0.29) is 5.41 Å². The largest absolute Gasteiger partial charge is 0.329 e. The lowest BCUT2D eigenvalue weighted by atomic mass is 9.93. The number of rotatable bonds is 2. The Bertz CT molecular complexity index is 411. The number of pyridine rings is 1. The van der Waals surface area contributed by atoms with Crippen LogP contribution in [0.25, 0.3) is 5.65 Å². The van der Waals surface area contributed by atoms with Crippen LogP contribution in [0.3, 0.4) is 0 Å². The fourth-order valence-corrected chi connectivity index (χ4v) is 1.21. The van der Waals surface area contributed by atoms with Gasteiger partial charge in [-0.3, -0.25) is 0 Å². The average molecular weight is 190 g/mol. The van der Waals surface area contributed by atoms with E-state index in [9.17, 15) is 0 Å². The van der Waals surface area contributed by atoms with Gasteiger partial charge in [-0.25, -0.2) is 9.50 Å². The molecule has 2 aromatic heterocycles. The quantitative estimate of drug-likeness (QED) is 0.767. The first kappa shape index (κ1) is 9.15. The van der Waals surface area contributed by atoms with Crippen molar-refractivity contribution in [1.29, 1.82) is 0 Å². The highest BCUT2D eigenvalue weighted by Crippen LogP contribution is 2.18. The van der Waals surface area contributed by atoms with Crippen LogP contribution in [0.1, 0.15) is 19.7 Å². The molecule has 0 bridgehead atoms. The van der Waals surface area contributed by atoms with Crippen molar-refractivity contribution in [3.8, 4) is 0 Å². The Morgan fingerprint density at radius 1 is 1.43 bits per heavy atom. The lowest BCUT2D eigenvalue weighted by Crippen LogP contribution is -2.29. The van der Waals surface area contributed by atoms with Crippen molar-refractivity contribution in [2.75, 3.05) is 6.54 Å². The van der Waals surface area contributed by atoms with Crippen molar-refractivity contribution in [2.24, 2.45) is 5.73 Å². The van der Waals surface area contributed by atoms with E-state index < -0.39 is 0 Å². The Morgan fingerprint density at radius 2 is 2.21 bits per heavy atom. The summed E-state index contributed by atoms with van der Waals surface area (Å²) in [6.45, 7) is 4.63. The Morgan fingerprint density at radius 3 is 2.86 bits per heavy atom. The zero-order valence-corrected chi connectivity index (χ0v) is 8.44. The van der Waals surface area contributed by atoms with Crippen LogP contribution in [-0.2, 0) is 5.41 Å². The molecule has 0 unspecified atom stereocenters. The standard InChI is InChI=1S/C10H14N4/c1-10(2,7-11)9-12-8-5-3-4-6-14(8)13-9/h3-6H,7,11H2,1-2H3. The van der Waals surface area contributed by atoms with E-state index in [4.69, 9.17) is 5.73 Å². The van der Waals surface area contributed by atoms with Crippen molar-refractivity contribution in [3.63, 3.8) is 0 Å². The van der Waals surface area contributed by atoms with Crippen LogP contribution in [0.5, 0.6) is 0 Å². The SMILES string of the molecule is CC(C)(CN)c1nc2ccccn2n1. The molecule has 0 spiro atoms. The van der Waals surface area contributed by atoms with Crippen LogP contribution in [0.2, 0.25) is 0 Å². The second-order valence-electron chi connectivity index (χ2n) is 4.03. The predicted molar refractivity (Wildman–Crippen MR) is 55.1 cm³/mol. The molecular weight excluding hydrogens is 176 g/mol. The molecule has 2 aromatic rings. The van der Waals surface area contributed by atoms with Gasteiger partial charge in [0.25, 0.3) is 0 Å². The number of fused-ring (bicyclic) bond motifs is 1. The van der Waals surface area contributed by atoms with E-state index in [1.807, 2.05) is 38.2 Å². The van der Waals surface area contributed by atoms with Crippen LogP contribution in [0.4, 0.5) is 0 Å². The van der Waals surface area contributed by atoms with E-state index >= 15 is 0 Å². The minimum absolute atomic E-state index is 0.161. The Hall–Kier alpha value is -1.42. The van der Waals surface area contributed by atoms with Crippen LogP contribution in [-0.4, -0.2) is 21.1 Å². The van der Waals surface area contributed by atoms with Gasteiger partial charge in [-0.15, -0.1) is 0 Å². The van der Waals surface area contributed by atoms with Crippen molar-refractivity contribution in [3.05, 3.63) is 30.2 Å². The van der Waals surface area contributed by atoms with E-state index in [0.717, 1.165) is 11.5 Å². The predicted octanol–water partition coefficient (Wildman–Crippen LogP) is 0.966. The molecule has 4 nitrogen and oxygen atoms in total. The Kier molecular flexibility index (Phi) is 2.00. The third-order valence-electron chi connectivity index (χ3n) is 2.36. The molecule has 0 atom stereocenters. The Balaban J connectivity index is 2.55. The first-order chi connectivity index (χ1) is 6.63. The second kappa shape index (κ2) is 3.06. The van der Waals surface area contributed by atoms with E-state index in [1.165, 1.54) is 0 Å². The molecule has 2 rings (SSSR count). The molecule has 0 aromatic carbocycles. The molecule has 0 amide bonds. The lowest BCUT2D eigenvalue weighted by molar-refractivity contribution is 0.502. The van der Waals surface area contributed by atoms with E-state index in [0.29, 0.717) is 6.54 Å². The normalized spacial score (nSPS) is 12.2. The van der Waals surface area contributed by atoms with Gasteiger partial charge in [0.15, 0.2) is 11.5 Å². The molecule has 14 heavy (non-hydrogen) atoms. The maximum atomic E-state index is 5.67. The second-order valence-corrected chi connectivity index (χ2v) is 4.03. The fraction of sp³-hybridized carbons (Fsp3) is 0.400. The Labute approximate surface area is 82.8 Å². The summed E-state index contributed by atoms with van der Waals surface area (Å²) in [5.41, 5.74) is 6.38. The number of nitrogens with two attached hydrogens (primary N) is 1. The average Bonchev–Trinajstić information content (AvgIpc) is 2.61. The monoisotopic (exact) mass is 190 g/mol. The zero-order chi connectivity index (χ0) is 10.2. The van der Waals surface area contributed by atoms with Gasteiger partial charge in [0.2, 0.25) is 0 Å². The van der Waals surface area contributed by atoms with Crippen LogP contribution >= 0.6 is 0 Å². The van der Waals surface area contributed by atoms with E-state index in [2.05, 4.69) is 10.1 Å². The third-order valence-corrected chi connectivity index (χ3v) is 2.36. The molecule has 0 saturated heterocycles. The molecule has 0 aliphatic heterocycles. The smallest absolute Gasteiger partial charge is 0.158 e. The third kappa shape index (κ3) is 1.37. The highest BCUT2D eigenvalue weighted by atomic mass is 15.3. The summed E-state index contributed by atoms with van der Waals surface area (Å²) < 4.78 is 1.77. The molecule has 4 heteroatoms. The van der Waals surface area contributed by atoms with Gasteiger partial charge in [0, 0.05) is 18.2 Å². The molecule has 2 heterocycles. The molecule has 0 radical (unpaired) electrons. The summed E-state index contributed by atoms with van der Waals surface area (Å²) in [7, 11) is 0. The van der Waals surface area contributed by atoms with Crippen molar-refractivity contribution in [1.82, 2.24) is 14.6 Å². The summed E-state index contributed by atoms with van der Waals surface area (Å²) in [5, 5.41) is 4.38. The molecule has 0 fully saturated rings. The fourth-order valence-electron chi connectivity index (χ4n) is 1.21. The van der Waals surface area contributed by atoms with Crippen LogP contribution in [0, 0.1) is 0 Å².